The Bertz CT molecular complexity index is 781. The van der Waals surface area contributed by atoms with Crippen LogP contribution in [0.4, 0.5) is 0 Å². The second-order valence-electron chi connectivity index (χ2n) is 4.67. The van der Waals surface area contributed by atoms with Crippen molar-refractivity contribution in [3.8, 4) is 11.5 Å². The van der Waals surface area contributed by atoms with Gasteiger partial charge in [-0.1, -0.05) is 30.3 Å². The van der Waals surface area contributed by atoms with Crippen molar-refractivity contribution in [2.45, 2.75) is 6.42 Å². The van der Waals surface area contributed by atoms with Crippen molar-refractivity contribution in [2.75, 3.05) is 6.79 Å². The lowest BCUT2D eigenvalue weighted by atomic mass is 10.0. The van der Waals surface area contributed by atoms with Crippen LogP contribution >= 0.6 is 0 Å². The molecule has 0 unspecified atom stereocenters. The quantitative estimate of drug-likeness (QED) is 0.713. The van der Waals surface area contributed by atoms with Gasteiger partial charge in [-0.15, -0.1) is 0 Å². The van der Waals surface area contributed by atoms with Gasteiger partial charge >= 0.3 is 0 Å². The summed E-state index contributed by atoms with van der Waals surface area (Å²) in [5, 5.41) is 1.08. The van der Waals surface area contributed by atoms with E-state index in [1.807, 2.05) is 42.5 Å². The SMILES string of the molecule is c1cc(Cc2ncnc3ccccc23)c2c(c1)OCO2. The first kappa shape index (κ1) is 11.2. The summed E-state index contributed by atoms with van der Waals surface area (Å²) in [7, 11) is 0. The van der Waals surface area contributed by atoms with E-state index in [0.717, 1.165) is 33.7 Å². The Morgan fingerprint density at radius 3 is 2.90 bits per heavy atom. The summed E-state index contributed by atoms with van der Waals surface area (Å²) in [6.07, 6.45) is 2.31. The van der Waals surface area contributed by atoms with Crippen LogP contribution in [0.3, 0.4) is 0 Å². The largest absolute Gasteiger partial charge is 0.454 e. The van der Waals surface area contributed by atoms with Crippen molar-refractivity contribution in [1.29, 1.82) is 0 Å². The van der Waals surface area contributed by atoms with Gasteiger partial charge in [0.2, 0.25) is 6.79 Å². The normalized spacial score (nSPS) is 12.8. The molecule has 0 N–H and O–H groups in total. The zero-order valence-corrected chi connectivity index (χ0v) is 10.7. The van der Waals surface area contributed by atoms with Gasteiger partial charge in [-0.25, -0.2) is 9.97 Å². The molecular weight excluding hydrogens is 252 g/mol. The highest BCUT2D eigenvalue weighted by atomic mass is 16.7. The zero-order valence-electron chi connectivity index (χ0n) is 10.7. The van der Waals surface area contributed by atoms with E-state index in [2.05, 4.69) is 9.97 Å². The highest BCUT2D eigenvalue weighted by Gasteiger charge is 2.18. The third-order valence-electron chi connectivity index (χ3n) is 3.46. The molecule has 98 valence electrons. The molecule has 0 bridgehead atoms. The Labute approximate surface area is 116 Å². The molecule has 0 saturated heterocycles. The second kappa shape index (κ2) is 4.49. The van der Waals surface area contributed by atoms with Crippen molar-refractivity contribution < 1.29 is 9.47 Å². The first-order chi connectivity index (χ1) is 9.92. The van der Waals surface area contributed by atoms with E-state index in [0.29, 0.717) is 6.42 Å². The van der Waals surface area contributed by atoms with E-state index in [1.54, 1.807) is 6.33 Å². The standard InChI is InChI=1S/C16H12N2O2/c1-2-6-13-12(5-1)14(18-9-17-13)8-11-4-3-7-15-16(11)20-10-19-15/h1-7,9H,8,10H2. The number of fused-ring (bicyclic) bond motifs is 2. The highest BCUT2D eigenvalue weighted by Crippen LogP contribution is 2.36. The van der Waals surface area contributed by atoms with Crippen LogP contribution in [-0.4, -0.2) is 16.8 Å². The zero-order chi connectivity index (χ0) is 13.4. The Hall–Kier alpha value is -2.62. The van der Waals surface area contributed by atoms with Crippen molar-refractivity contribution >= 4 is 10.9 Å². The van der Waals surface area contributed by atoms with E-state index in [1.165, 1.54) is 0 Å². The summed E-state index contributed by atoms with van der Waals surface area (Å²) < 4.78 is 11.0. The second-order valence-corrected chi connectivity index (χ2v) is 4.67. The molecule has 1 aliphatic heterocycles. The van der Waals surface area contributed by atoms with Crippen molar-refractivity contribution in [3.05, 3.63) is 60.0 Å². The van der Waals surface area contributed by atoms with Crippen molar-refractivity contribution in [1.82, 2.24) is 9.97 Å². The van der Waals surface area contributed by atoms with Crippen LogP contribution in [0.5, 0.6) is 11.5 Å². The number of nitrogens with zero attached hydrogens (tertiary/aromatic N) is 2. The number of hydrogen-bond donors (Lipinski definition) is 0. The van der Waals surface area contributed by atoms with Gasteiger partial charge in [0.05, 0.1) is 11.2 Å². The fraction of sp³-hybridized carbons (Fsp3) is 0.125. The molecule has 0 radical (unpaired) electrons. The van der Waals surface area contributed by atoms with Gasteiger partial charge < -0.3 is 9.47 Å². The third kappa shape index (κ3) is 1.77. The first-order valence-corrected chi connectivity index (χ1v) is 6.48. The van der Waals surface area contributed by atoms with Crippen LogP contribution in [0.25, 0.3) is 10.9 Å². The molecule has 1 aliphatic rings. The fourth-order valence-corrected chi connectivity index (χ4v) is 2.51. The summed E-state index contributed by atoms with van der Waals surface area (Å²) in [5.41, 5.74) is 3.05. The summed E-state index contributed by atoms with van der Waals surface area (Å²) in [5.74, 6) is 1.64. The minimum Gasteiger partial charge on any atom is -0.454 e. The molecule has 1 aromatic heterocycles. The highest BCUT2D eigenvalue weighted by molar-refractivity contribution is 5.80. The summed E-state index contributed by atoms with van der Waals surface area (Å²) in [6, 6.07) is 14.0. The van der Waals surface area contributed by atoms with Gasteiger partial charge in [0, 0.05) is 17.4 Å². The number of aromatic nitrogens is 2. The average molecular weight is 264 g/mol. The van der Waals surface area contributed by atoms with E-state index >= 15 is 0 Å². The Morgan fingerprint density at radius 2 is 1.90 bits per heavy atom. The lowest BCUT2D eigenvalue weighted by molar-refractivity contribution is 0.173. The van der Waals surface area contributed by atoms with Crippen molar-refractivity contribution in [2.24, 2.45) is 0 Å². The number of rotatable bonds is 2. The Kier molecular flexibility index (Phi) is 2.52. The molecule has 4 rings (SSSR count). The average Bonchev–Trinajstić information content (AvgIpc) is 2.97. The molecule has 4 heteroatoms. The van der Waals surface area contributed by atoms with Gasteiger partial charge in [0.25, 0.3) is 0 Å². The van der Waals surface area contributed by atoms with Crippen LogP contribution < -0.4 is 9.47 Å². The molecule has 0 amide bonds. The minimum absolute atomic E-state index is 0.289. The number of benzene rings is 2. The van der Waals surface area contributed by atoms with E-state index < -0.39 is 0 Å². The summed E-state index contributed by atoms with van der Waals surface area (Å²) >= 11 is 0. The monoisotopic (exact) mass is 264 g/mol. The van der Waals surface area contributed by atoms with Crippen LogP contribution in [0.2, 0.25) is 0 Å². The Morgan fingerprint density at radius 1 is 0.950 bits per heavy atom. The molecule has 0 aliphatic carbocycles. The number of para-hydroxylation sites is 2. The molecule has 2 aromatic carbocycles. The molecule has 0 atom stereocenters. The van der Waals surface area contributed by atoms with Crippen LogP contribution in [0.15, 0.2) is 48.8 Å². The Balaban J connectivity index is 1.81. The third-order valence-corrected chi connectivity index (χ3v) is 3.46. The summed E-state index contributed by atoms with van der Waals surface area (Å²) in [6.45, 7) is 0.289. The van der Waals surface area contributed by atoms with E-state index in [9.17, 15) is 0 Å². The maximum absolute atomic E-state index is 5.55. The molecule has 4 nitrogen and oxygen atoms in total. The molecule has 3 aromatic rings. The van der Waals surface area contributed by atoms with E-state index in [4.69, 9.17) is 9.47 Å². The van der Waals surface area contributed by atoms with E-state index in [-0.39, 0.29) is 6.79 Å². The predicted octanol–water partition coefficient (Wildman–Crippen LogP) is 2.95. The molecule has 0 fully saturated rings. The maximum Gasteiger partial charge on any atom is 0.231 e. The molecule has 2 heterocycles. The lowest BCUT2D eigenvalue weighted by Crippen LogP contribution is -1.98. The molecule has 20 heavy (non-hydrogen) atoms. The van der Waals surface area contributed by atoms with Crippen molar-refractivity contribution in [3.63, 3.8) is 0 Å². The fourth-order valence-electron chi connectivity index (χ4n) is 2.51. The van der Waals surface area contributed by atoms with Crippen LogP contribution in [0.1, 0.15) is 11.3 Å². The molecular formula is C16H12N2O2. The first-order valence-electron chi connectivity index (χ1n) is 6.48. The molecule has 0 saturated carbocycles. The molecule has 0 spiro atoms. The van der Waals surface area contributed by atoms with Gasteiger partial charge in [-0.2, -0.15) is 0 Å². The number of ether oxygens (including phenoxy) is 2. The van der Waals surface area contributed by atoms with Gasteiger partial charge in [0.1, 0.15) is 6.33 Å². The smallest absolute Gasteiger partial charge is 0.231 e. The number of hydrogen-bond acceptors (Lipinski definition) is 4. The lowest BCUT2D eigenvalue weighted by Gasteiger charge is -2.07. The topological polar surface area (TPSA) is 44.2 Å². The van der Waals surface area contributed by atoms with Gasteiger partial charge in [-0.3, -0.25) is 0 Å². The van der Waals surface area contributed by atoms with Crippen LogP contribution in [-0.2, 0) is 6.42 Å². The maximum atomic E-state index is 5.55. The summed E-state index contributed by atoms with van der Waals surface area (Å²) in [4.78, 5) is 8.71. The van der Waals surface area contributed by atoms with Gasteiger partial charge in [0.15, 0.2) is 11.5 Å². The van der Waals surface area contributed by atoms with Gasteiger partial charge in [-0.05, 0) is 12.1 Å². The minimum atomic E-state index is 0.289. The predicted molar refractivity (Wildman–Crippen MR) is 74.9 cm³/mol. The van der Waals surface area contributed by atoms with Crippen LogP contribution in [0, 0.1) is 0 Å².